The Morgan fingerprint density at radius 2 is 2.32 bits per heavy atom. The maximum Gasteiger partial charge on any atom is 0.253 e. The summed E-state index contributed by atoms with van der Waals surface area (Å²) in [5.41, 5.74) is 2.47. The third-order valence-corrected chi connectivity index (χ3v) is 3.89. The van der Waals surface area contributed by atoms with Gasteiger partial charge < -0.3 is 10.1 Å². The van der Waals surface area contributed by atoms with E-state index in [1.165, 1.54) is 0 Å². The van der Waals surface area contributed by atoms with Crippen molar-refractivity contribution in [1.29, 1.82) is 0 Å². The molecule has 0 radical (unpaired) electrons. The van der Waals surface area contributed by atoms with E-state index in [-0.39, 0.29) is 18.1 Å². The molecule has 2 aromatic rings. The zero-order valence-corrected chi connectivity index (χ0v) is 12.8. The van der Waals surface area contributed by atoms with E-state index in [0.29, 0.717) is 12.2 Å². The summed E-state index contributed by atoms with van der Waals surface area (Å²) in [5, 5.41) is 7.32. The number of pyridine rings is 1. The highest BCUT2D eigenvalue weighted by atomic mass is 16.5. The molecule has 1 amide bonds. The first-order valence-electron chi connectivity index (χ1n) is 7.55. The average molecular weight is 300 g/mol. The topological polar surface area (TPSA) is 69.0 Å². The molecule has 0 saturated carbocycles. The zero-order valence-electron chi connectivity index (χ0n) is 12.8. The number of rotatable bonds is 4. The summed E-state index contributed by atoms with van der Waals surface area (Å²) in [6.07, 6.45) is 6.05. The van der Waals surface area contributed by atoms with Crippen LogP contribution >= 0.6 is 0 Å². The fourth-order valence-electron chi connectivity index (χ4n) is 2.62. The molecule has 2 aromatic heterocycles. The molecule has 116 valence electrons. The van der Waals surface area contributed by atoms with Gasteiger partial charge in [-0.3, -0.25) is 14.5 Å². The van der Waals surface area contributed by atoms with Crippen molar-refractivity contribution in [2.75, 3.05) is 6.61 Å². The van der Waals surface area contributed by atoms with E-state index in [2.05, 4.69) is 15.4 Å². The lowest BCUT2D eigenvalue weighted by molar-refractivity contribution is 0.0821. The summed E-state index contributed by atoms with van der Waals surface area (Å²) in [7, 11) is 0. The normalized spacial score (nSPS) is 21.0. The minimum atomic E-state index is -0.136. The van der Waals surface area contributed by atoms with Crippen molar-refractivity contribution >= 4 is 5.91 Å². The van der Waals surface area contributed by atoms with Crippen LogP contribution < -0.4 is 5.32 Å². The lowest BCUT2D eigenvalue weighted by Crippen LogP contribution is -2.36. The molecule has 1 aliphatic heterocycles. The first-order valence-corrected chi connectivity index (χ1v) is 7.55. The van der Waals surface area contributed by atoms with E-state index in [1.807, 2.05) is 37.0 Å². The predicted molar refractivity (Wildman–Crippen MR) is 81.4 cm³/mol. The molecule has 6 nitrogen and oxygen atoms in total. The average Bonchev–Trinajstić information content (AvgIpc) is 3.16. The summed E-state index contributed by atoms with van der Waals surface area (Å²) in [6, 6.07) is 3.59. The van der Waals surface area contributed by atoms with Gasteiger partial charge in [0.1, 0.15) is 6.10 Å². The maximum atomic E-state index is 12.3. The molecule has 1 N–H and O–H groups in total. The number of aryl methyl sites for hydroxylation is 2. The Bertz CT molecular complexity index is 650. The third kappa shape index (κ3) is 3.01. The second-order valence-corrected chi connectivity index (χ2v) is 5.48. The Morgan fingerprint density at radius 1 is 1.45 bits per heavy atom. The summed E-state index contributed by atoms with van der Waals surface area (Å²) in [4.78, 5) is 16.5. The number of carbonyl (C=O) groups is 1. The molecule has 3 heterocycles. The van der Waals surface area contributed by atoms with E-state index in [4.69, 9.17) is 4.74 Å². The molecule has 1 aliphatic rings. The first kappa shape index (κ1) is 14.7. The molecule has 0 aromatic carbocycles. The molecule has 2 atom stereocenters. The standard InChI is InChI=1S/C16H20N4O2/c1-3-20-10-13(9-18-20)15-14(6-7-22-15)19-16(21)12-5-4-11(2)17-8-12/h4-5,8-10,14-15H,3,6-7H2,1-2H3,(H,19,21)/t14-,15+/m0/s1. The van der Waals surface area contributed by atoms with E-state index in [9.17, 15) is 4.79 Å². The van der Waals surface area contributed by atoms with Gasteiger partial charge in [0.15, 0.2) is 0 Å². The predicted octanol–water partition coefficient (Wildman–Crippen LogP) is 1.87. The molecule has 0 bridgehead atoms. The fourth-order valence-corrected chi connectivity index (χ4v) is 2.62. The summed E-state index contributed by atoms with van der Waals surface area (Å²) in [5.74, 6) is -0.115. The zero-order chi connectivity index (χ0) is 15.5. The van der Waals surface area contributed by atoms with Crippen LogP contribution in [0.2, 0.25) is 0 Å². The van der Waals surface area contributed by atoms with Gasteiger partial charge in [0, 0.05) is 36.8 Å². The Kier molecular flexibility index (Phi) is 4.20. The maximum absolute atomic E-state index is 12.3. The van der Waals surface area contributed by atoms with Gasteiger partial charge in [-0.2, -0.15) is 5.10 Å². The molecule has 1 saturated heterocycles. The quantitative estimate of drug-likeness (QED) is 0.936. The Balaban J connectivity index is 1.70. The van der Waals surface area contributed by atoms with Gasteiger partial charge >= 0.3 is 0 Å². The van der Waals surface area contributed by atoms with E-state index >= 15 is 0 Å². The minimum Gasteiger partial charge on any atom is -0.371 e. The van der Waals surface area contributed by atoms with Crippen LogP contribution in [0.5, 0.6) is 0 Å². The van der Waals surface area contributed by atoms with E-state index in [0.717, 1.165) is 24.2 Å². The second-order valence-electron chi connectivity index (χ2n) is 5.48. The number of hydrogen-bond acceptors (Lipinski definition) is 4. The van der Waals surface area contributed by atoms with Crippen LogP contribution in [0, 0.1) is 6.92 Å². The van der Waals surface area contributed by atoms with Crippen molar-refractivity contribution in [3.8, 4) is 0 Å². The van der Waals surface area contributed by atoms with Gasteiger partial charge in [0.05, 0.1) is 17.8 Å². The fraction of sp³-hybridized carbons (Fsp3) is 0.438. The number of hydrogen-bond donors (Lipinski definition) is 1. The van der Waals surface area contributed by atoms with Crippen molar-refractivity contribution in [3.05, 3.63) is 47.5 Å². The lowest BCUT2D eigenvalue weighted by Gasteiger charge is -2.18. The molecule has 6 heteroatoms. The molecule has 0 aliphatic carbocycles. The van der Waals surface area contributed by atoms with Gasteiger partial charge in [0.2, 0.25) is 0 Å². The minimum absolute atomic E-state index is 0.0386. The number of nitrogens with one attached hydrogen (secondary N) is 1. The largest absolute Gasteiger partial charge is 0.371 e. The number of amides is 1. The van der Waals surface area contributed by atoms with Gasteiger partial charge in [-0.1, -0.05) is 0 Å². The number of aromatic nitrogens is 3. The van der Waals surface area contributed by atoms with Gasteiger partial charge in [-0.25, -0.2) is 0 Å². The Hall–Kier alpha value is -2.21. The van der Waals surface area contributed by atoms with E-state index < -0.39 is 0 Å². The second kappa shape index (κ2) is 6.27. The smallest absolute Gasteiger partial charge is 0.253 e. The molecule has 1 fully saturated rings. The number of nitrogens with zero attached hydrogens (tertiary/aromatic N) is 3. The lowest BCUT2D eigenvalue weighted by atomic mass is 10.0. The SMILES string of the molecule is CCn1cc([C@H]2OCC[C@@H]2NC(=O)c2ccc(C)nc2)cn1. The highest BCUT2D eigenvalue weighted by Gasteiger charge is 2.32. The highest BCUT2D eigenvalue weighted by molar-refractivity contribution is 5.94. The Labute approximate surface area is 129 Å². The van der Waals surface area contributed by atoms with Crippen LogP contribution in [0.4, 0.5) is 0 Å². The molecule has 22 heavy (non-hydrogen) atoms. The van der Waals surface area contributed by atoms with E-state index in [1.54, 1.807) is 12.3 Å². The van der Waals surface area contributed by atoms with Gasteiger partial charge in [-0.05, 0) is 32.4 Å². The molecule has 3 rings (SSSR count). The van der Waals surface area contributed by atoms with Crippen LogP contribution in [0.25, 0.3) is 0 Å². The van der Waals surface area contributed by atoms with Crippen molar-refractivity contribution in [3.63, 3.8) is 0 Å². The van der Waals surface area contributed by atoms with Crippen LogP contribution in [-0.2, 0) is 11.3 Å². The highest BCUT2D eigenvalue weighted by Crippen LogP contribution is 2.29. The van der Waals surface area contributed by atoms with Crippen molar-refractivity contribution in [2.45, 2.75) is 39.0 Å². The summed E-state index contributed by atoms with van der Waals surface area (Å²) < 4.78 is 7.64. The van der Waals surface area contributed by atoms with Crippen LogP contribution in [-0.4, -0.2) is 33.3 Å². The van der Waals surface area contributed by atoms with Crippen LogP contribution in [0.3, 0.4) is 0 Å². The molecule has 0 spiro atoms. The molecular weight excluding hydrogens is 280 g/mol. The van der Waals surface area contributed by atoms with Crippen LogP contribution in [0.15, 0.2) is 30.7 Å². The summed E-state index contributed by atoms with van der Waals surface area (Å²) >= 11 is 0. The van der Waals surface area contributed by atoms with Gasteiger partial charge in [-0.15, -0.1) is 0 Å². The van der Waals surface area contributed by atoms with Crippen molar-refractivity contribution < 1.29 is 9.53 Å². The molecular formula is C16H20N4O2. The monoisotopic (exact) mass is 300 g/mol. The number of ether oxygens (including phenoxy) is 1. The number of carbonyl (C=O) groups excluding carboxylic acids is 1. The summed E-state index contributed by atoms with van der Waals surface area (Å²) in [6.45, 7) is 5.39. The van der Waals surface area contributed by atoms with Crippen molar-refractivity contribution in [1.82, 2.24) is 20.1 Å². The molecule has 0 unspecified atom stereocenters. The Morgan fingerprint density at radius 3 is 3.00 bits per heavy atom. The van der Waals surface area contributed by atoms with Crippen molar-refractivity contribution in [2.24, 2.45) is 0 Å². The van der Waals surface area contributed by atoms with Gasteiger partial charge in [0.25, 0.3) is 5.91 Å². The first-order chi connectivity index (χ1) is 10.7. The van der Waals surface area contributed by atoms with Crippen LogP contribution in [0.1, 0.15) is 41.1 Å². The third-order valence-electron chi connectivity index (χ3n) is 3.89.